The highest BCUT2D eigenvalue weighted by Gasteiger charge is 2.37. The van der Waals surface area contributed by atoms with Crippen LogP contribution in [-0.2, 0) is 11.3 Å². The SMILES string of the molecule is O=C(c1ccncc1)N1CCC2COC(=O)N2c2cc(F)ccc2C1. The molecule has 1 unspecified atom stereocenters. The number of amides is 2. The second-order valence-electron chi connectivity index (χ2n) is 6.13. The zero-order valence-corrected chi connectivity index (χ0v) is 13.4. The van der Waals surface area contributed by atoms with Gasteiger partial charge >= 0.3 is 6.09 Å². The first-order chi connectivity index (χ1) is 12.1. The third kappa shape index (κ3) is 2.82. The first kappa shape index (κ1) is 15.6. The quantitative estimate of drug-likeness (QED) is 0.800. The third-order valence-electron chi connectivity index (χ3n) is 4.58. The number of anilines is 1. The molecular weight excluding hydrogens is 325 g/mol. The van der Waals surface area contributed by atoms with Crippen molar-refractivity contribution in [1.82, 2.24) is 9.88 Å². The van der Waals surface area contributed by atoms with Gasteiger partial charge in [0, 0.05) is 31.0 Å². The number of ether oxygens (including phenoxy) is 1. The van der Waals surface area contributed by atoms with E-state index in [0.29, 0.717) is 36.3 Å². The van der Waals surface area contributed by atoms with Crippen LogP contribution in [0.15, 0.2) is 42.7 Å². The van der Waals surface area contributed by atoms with E-state index >= 15 is 0 Å². The third-order valence-corrected chi connectivity index (χ3v) is 4.58. The van der Waals surface area contributed by atoms with Gasteiger partial charge in [0.2, 0.25) is 0 Å². The van der Waals surface area contributed by atoms with E-state index in [1.54, 1.807) is 35.5 Å². The van der Waals surface area contributed by atoms with Crippen molar-refractivity contribution in [3.63, 3.8) is 0 Å². The molecule has 1 fully saturated rings. The van der Waals surface area contributed by atoms with Gasteiger partial charge in [0.1, 0.15) is 12.4 Å². The van der Waals surface area contributed by atoms with E-state index in [1.165, 1.54) is 17.0 Å². The van der Waals surface area contributed by atoms with E-state index in [-0.39, 0.29) is 18.6 Å². The molecule has 2 aliphatic heterocycles. The van der Waals surface area contributed by atoms with E-state index in [0.717, 1.165) is 0 Å². The number of hydrogen-bond donors (Lipinski definition) is 0. The molecule has 2 aromatic rings. The standard InChI is InChI=1S/C18H16FN3O3/c19-14-2-1-13-10-21(17(23)12-3-6-20-7-4-12)8-5-15-11-25-18(24)22(15)16(13)9-14/h1-4,6-7,9,15H,5,8,10-11H2. The molecule has 1 saturated heterocycles. The fourth-order valence-corrected chi connectivity index (χ4v) is 3.30. The number of halogens is 1. The molecule has 0 bridgehead atoms. The van der Waals surface area contributed by atoms with Crippen molar-refractivity contribution in [2.75, 3.05) is 18.1 Å². The van der Waals surface area contributed by atoms with Gasteiger partial charge < -0.3 is 9.64 Å². The molecule has 0 saturated carbocycles. The van der Waals surface area contributed by atoms with Gasteiger partial charge in [-0.15, -0.1) is 0 Å². The van der Waals surface area contributed by atoms with Gasteiger partial charge in [0.05, 0.1) is 11.7 Å². The van der Waals surface area contributed by atoms with E-state index in [9.17, 15) is 14.0 Å². The number of aromatic nitrogens is 1. The minimum Gasteiger partial charge on any atom is -0.447 e. The average molecular weight is 341 g/mol. The summed E-state index contributed by atoms with van der Waals surface area (Å²) in [5.74, 6) is -0.541. The number of cyclic esters (lactones) is 1. The minimum absolute atomic E-state index is 0.114. The summed E-state index contributed by atoms with van der Waals surface area (Å²) in [6.45, 7) is 1.02. The highest BCUT2D eigenvalue weighted by molar-refractivity contribution is 5.95. The summed E-state index contributed by atoms with van der Waals surface area (Å²) >= 11 is 0. The molecule has 4 rings (SSSR count). The van der Waals surface area contributed by atoms with Crippen LogP contribution in [0.4, 0.5) is 14.9 Å². The normalized spacial score (nSPS) is 19.6. The summed E-state index contributed by atoms with van der Waals surface area (Å²) in [4.78, 5) is 32.0. The van der Waals surface area contributed by atoms with Crippen LogP contribution in [0.25, 0.3) is 0 Å². The Balaban J connectivity index is 1.72. The topological polar surface area (TPSA) is 62.7 Å². The number of carbonyl (C=O) groups is 2. The Bertz CT molecular complexity index is 828. The van der Waals surface area contributed by atoms with Gasteiger partial charge in [0.15, 0.2) is 0 Å². The van der Waals surface area contributed by atoms with E-state index in [4.69, 9.17) is 4.74 Å². The van der Waals surface area contributed by atoms with Crippen LogP contribution >= 0.6 is 0 Å². The molecule has 0 radical (unpaired) electrons. The molecule has 2 aliphatic rings. The molecule has 3 heterocycles. The second-order valence-corrected chi connectivity index (χ2v) is 6.13. The summed E-state index contributed by atoms with van der Waals surface area (Å²) in [5, 5.41) is 0. The highest BCUT2D eigenvalue weighted by atomic mass is 19.1. The van der Waals surface area contributed by atoms with Crippen molar-refractivity contribution < 1.29 is 18.7 Å². The summed E-state index contributed by atoms with van der Waals surface area (Å²) in [6.07, 6.45) is 3.25. The Kier molecular flexibility index (Phi) is 3.83. The summed E-state index contributed by atoms with van der Waals surface area (Å²) < 4.78 is 18.9. The summed E-state index contributed by atoms with van der Waals surface area (Å²) in [5.41, 5.74) is 1.74. The number of pyridine rings is 1. The molecule has 6 nitrogen and oxygen atoms in total. The molecular formula is C18H16FN3O3. The highest BCUT2D eigenvalue weighted by Crippen LogP contribution is 2.32. The van der Waals surface area contributed by atoms with Crippen LogP contribution < -0.4 is 4.90 Å². The van der Waals surface area contributed by atoms with Crippen molar-refractivity contribution in [3.8, 4) is 0 Å². The van der Waals surface area contributed by atoms with Crippen LogP contribution in [0, 0.1) is 5.82 Å². The lowest BCUT2D eigenvalue weighted by atomic mass is 10.0. The molecule has 0 aliphatic carbocycles. The molecule has 0 spiro atoms. The average Bonchev–Trinajstić information content (AvgIpc) is 2.98. The molecule has 1 atom stereocenters. The first-order valence-electron chi connectivity index (χ1n) is 8.07. The van der Waals surface area contributed by atoms with Crippen molar-refractivity contribution in [2.24, 2.45) is 0 Å². The summed E-state index contributed by atoms with van der Waals surface area (Å²) in [6, 6.07) is 7.41. The lowest BCUT2D eigenvalue weighted by Crippen LogP contribution is -2.42. The lowest BCUT2D eigenvalue weighted by Gasteiger charge is -2.32. The van der Waals surface area contributed by atoms with Crippen molar-refractivity contribution in [1.29, 1.82) is 0 Å². The maximum atomic E-state index is 13.8. The Morgan fingerprint density at radius 2 is 2.04 bits per heavy atom. The Hall–Kier alpha value is -2.96. The van der Waals surface area contributed by atoms with E-state index in [2.05, 4.69) is 4.98 Å². The van der Waals surface area contributed by atoms with Crippen LogP contribution in [0.2, 0.25) is 0 Å². The predicted molar refractivity (Wildman–Crippen MR) is 87.6 cm³/mol. The van der Waals surface area contributed by atoms with Crippen molar-refractivity contribution in [3.05, 3.63) is 59.7 Å². The maximum Gasteiger partial charge on any atom is 0.414 e. The Morgan fingerprint density at radius 1 is 1.24 bits per heavy atom. The molecule has 1 aromatic carbocycles. The monoisotopic (exact) mass is 341 g/mol. The van der Waals surface area contributed by atoms with Crippen LogP contribution in [0.1, 0.15) is 22.3 Å². The zero-order valence-electron chi connectivity index (χ0n) is 13.4. The number of hydrogen-bond acceptors (Lipinski definition) is 4. The van der Waals surface area contributed by atoms with Crippen molar-refractivity contribution >= 4 is 17.7 Å². The van der Waals surface area contributed by atoms with Crippen LogP contribution in [-0.4, -0.2) is 41.1 Å². The number of carbonyl (C=O) groups excluding carboxylic acids is 2. The van der Waals surface area contributed by atoms with Crippen molar-refractivity contribution in [2.45, 2.75) is 19.0 Å². The van der Waals surface area contributed by atoms with Crippen LogP contribution in [0.5, 0.6) is 0 Å². The molecule has 128 valence electrons. The van der Waals surface area contributed by atoms with Gasteiger partial charge in [-0.1, -0.05) is 6.07 Å². The molecule has 7 heteroatoms. The molecule has 0 N–H and O–H groups in total. The van der Waals surface area contributed by atoms with Gasteiger partial charge in [-0.3, -0.25) is 14.7 Å². The molecule has 1 aromatic heterocycles. The smallest absolute Gasteiger partial charge is 0.414 e. The lowest BCUT2D eigenvalue weighted by molar-refractivity contribution is 0.0734. The number of nitrogens with zero attached hydrogens (tertiary/aromatic N) is 3. The fourth-order valence-electron chi connectivity index (χ4n) is 3.30. The van der Waals surface area contributed by atoms with E-state index in [1.807, 2.05) is 0 Å². The van der Waals surface area contributed by atoms with E-state index < -0.39 is 11.9 Å². The zero-order chi connectivity index (χ0) is 17.4. The Labute approximate surface area is 143 Å². The maximum absolute atomic E-state index is 13.8. The van der Waals surface area contributed by atoms with Gasteiger partial charge in [-0.25, -0.2) is 9.18 Å². The fraction of sp³-hybridized carbons (Fsp3) is 0.278. The second kappa shape index (κ2) is 6.16. The summed E-state index contributed by atoms with van der Waals surface area (Å²) in [7, 11) is 0. The minimum atomic E-state index is -0.467. The first-order valence-corrected chi connectivity index (χ1v) is 8.07. The molecule has 25 heavy (non-hydrogen) atoms. The molecule has 2 amide bonds. The number of fused-ring (bicyclic) bond motifs is 3. The van der Waals surface area contributed by atoms with Gasteiger partial charge in [-0.2, -0.15) is 0 Å². The Morgan fingerprint density at radius 3 is 2.84 bits per heavy atom. The van der Waals surface area contributed by atoms with Gasteiger partial charge in [-0.05, 0) is 36.2 Å². The predicted octanol–water partition coefficient (Wildman–Crippen LogP) is 2.59. The number of benzene rings is 1. The largest absolute Gasteiger partial charge is 0.447 e. The van der Waals surface area contributed by atoms with Crippen LogP contribution in [0.3, 0.4) is 0 Å². The number of rotatable bonds is 1. The van der Waals surface area contributed by atoms with Gasteiger partial charge in [0.25, 0.3) is 5.91 Å².